The molecule has 0 spiro atoms. The van der Waals surface area contributed by atoms with E-state index in [1.54, 1.807) is 63.1 Å². The molecular formula is C36H82O6P4S. The Balaban J connectivity index is -0.000000625. The molecule has 288 valence electrons. The molecule has 0 saturated carbocycles. The van der Waals surface area contributed by atoms with E-state index in [-0.39, 0.29) is 13.2 Å². The molecule has 11 heteroatoms. The van der Waals surface area contributed by atoms with Crippen LogP contribution in [0.5, 0.6) is 0 Å². The first-order valence-corrected chi connectivity index (χ1v) is 28.7. The lowest BCUT2D eigenvalue weighted by Crippen LogP contribution is -2.16. The van der Waals surface area contributed by atoms with Gasteiger partial charge < -0.3 is 23.4 Å². The molecule has 0 aromatic heterocycles. The molecule has 0 aliphatic heterocycles. The van der Waals surface area contributed by atoms with Crippen LogP contribution in [0.3, 0.4) is 0 Å². The van der Waals surface area contributed by atoms with Gasteiger partial charge in [-0.05, 0) is 77.0 Å². The second-order valence-corrected chi connectivity index (χ2v) is 26.4. The smallest absolute Gasteiger partial charge is 0.331 e. The van der Waals surface area contributed by atoms with Crippen LogP contribution >= 0.6 is 29.1 Å². The van der Waals surface area contributed by atoms with Crippen molar-refractivity contribution in [1.82, 2.24) is 0 Å². The molecule has 0 unspecified atom stereocenters. The zero-order chi connectivity index (χ0) is 36.5. The van der Waals surface area contributed by atoms with Gasteiger partial charge in [0.2, 0.25) is 0 Å². The van der Waals surface area contributed by atoms with Crippen LogP contribution in [0.15, 0.2) is 0 Å². The summed E-state index contributed by atoms with van der Waals surface area (Å²) in [6, 6.07) is 0. The number of hydrogen-bond acceptors (Lipinski definition) is 7. The second-order valence-electron chi connectivity index (χ2n) is 13.1. The number of phosphoric acid groups is 1. The van der Waals surface area contributed by atoms with Crippen LogP contribution in [-0.2, 0) is 29.7 Å². The van der Waals surface area contributed by atoms with Crippen molar-refractivity contribution >= 4 is 40.9 Å². The van der Waals surface area contributed by atoms with Gasteiger partial charge in [-0.3, -0.25) is 4.31 Å². The Morgan fingerprint density at radius 3 is 0.766 bits per heavy atom. The van der Waals surface area contributed by atoms with Gasteiger partial charge in [0.1, 0.15) is 0 Å². The molecule has 47 heavy (non-hydrogen) atoms. The maximum Gasteiger partial charge on any atom is 0.331 e. The highest BCUT2D eigenvalue weighted by atomic mass is 32.5. The minimum atomic E-state index is -5.15. The molecule has 6 nitrogen and oxygen atoms in total. The van der Waals surface area contributed by atoms with Gasteiger partial charge in [-0.15, -0.1) is 0 Å². The van der Waals surface area contributed by atoms with Crippen LogP contribution in [0.2, 0.25) is 0 Å². The first kappa shape index (κ1) is 52.9. The van der Waals surface area contributed by atoms with Crippen LogP contribution in [0, 0.1) is 0 Å². The van der Waals surface area contributed by atoms with E-state index in [1.807, 2.05) is 0 Å². The molecule has 0 fully saturated rings. The van der Waals surface area contributed by atoms with Gasteiger partial charge >= 0.3 is 6.72 Å². The Bertz CT molecular complexity index is 632. The number of hydrogen-bond donors (Lipinski definition) is 0. The molecule has 0 aromatic rings. The van der Waals surface area contributed by atoms with Crippen molar-refractivity contribution < 1.29 is 27.7 Å². The Morgan fingerprint density at radius 2 is 0.638 bits per heavy atom. The molecular weight excluding hydrogens is 684 g/mol. The molecule has 0 atom stereocenters. The summed E-state index contributed by atoms with van der Waals surface area (Å²) in [5, 5.41) is 0. The van der Waals surface area contributed by atoms with E-state index in [9.17, 15) is 14.4 Å². The van der Waals surface area contributed by atoms with E-state index in [0.717, 1.165) is 0 Å². The Morgan fingerprint density at radius 1 is 0.447 bits per heavy atom. The number of unbranched alkanes of at least 4 members (excludes halogenated alkanes) is 8. The van der Waals surface area contributed by atoms with Gasteiger partial charge in [-0.2, -0.15) is 0 Å². The third-order valence-corrected chi connectivity index (χ3v) is 22.8. The standard InChI is InChI=1S/2C16H36P.C4H12O6P2S/c2*1-5-9-13-17(14-10-6-2,15-11-7-3)16-12-8-4;1-3-8-12(13,9-4-2)10-11(5,6)7/h2*5-16H2,1-4H3;3-4H2,1-2H3,(H2,5,6,7)/q2*+1;/p-2. The second kappa shape index (κ2) is 34.6. The lowest BCUT2D eigenvalue weighted by atomic mass is 10.4. The summed E-state index contributed by atoms with van der Waals surface area (Å²) in [6.45, 7) is 18.9. The highest BCUT2D eigenvalue weighted by Crippen LogP contribution is 2.62. The molecule has 0 saturated heterocycles. The Hall–Kier alpha value is 1.54. The first-order valence-electron chi connectivity index (χ1n) is 19.6. The van der Waals surface area contributed by atoms with E-state index in [1.165, 1.54) is 103 Å². The van der Waals surface area contributed by atoms with Gasteiger partial charge in [-0.1, -0.05) is 107 Å². The van der Waals surface area contributed by atoms with Gasteiger partial charge in [0, 0.05) is 14.5 Å². The number of rotatable bonds is 30. The minimum Gasteiger partial charge on any atom is -0.789 e. The normalized spacial score (nSPS) is 12.3. The third kappa shape index (κ3) is 32.0. The fourth-order valence-electron chi connectivity index (χ4n) is 5.81. The first-order chi connectivity index (χ1) is 22.3. The largest absolute Gasteiger partial charge is 0.789 e. The van der Waals surface area contributed by atoms with E-state index >= 15 is 0 Å². The summed E-state index contributed by atoms with van der Waals surface area (Å²) in [7, 11) is -6.28. The fraction of sp³-hybridized carbons (Fsp3) is 1.00. The maximum absolute atomic E-state index is 10.2. The summed E-state index contributed by atoms with van der Waals surface area (Å²) in [5.74, 6) is 0. The van der Waals surface area contributed by atoms with Gasteiger partial charge in [-0.25, -0.2) is 0 Å². The van der Waals surface area contributed by atoms with E-state index in [0.29, 0.717) is 0 Å². The molecule has 0 aliphatic rings. The summed E-state index contributed by atoms with van der Waals surface area (Å²) < 4.78 is 23.8. The maximum atomic E-state index is 10.2. The molecule has 0 rings (SSSR count). The minimum absolute atomic E-state index is 0.122. The fourth-order valence-corrected chi connectivity index (χ4v) is 19.8. The topological polar surface area (TPSA) is 90.9 Å². The average molecular weight is 767 g/mol. The van der Waals surface area contributed by atoms with Crippen LogP contribution in [0.4, 0.5) is 0 Å². The molecule has 0 radical (unpaired) electrons. The zero-order valence-electron chi connectivity index (χ0n) is 33.0. The van der Waals surface area contributed by atoms with Crippen molar-refractivity contribution in [3.63, 3.8) is 0 Å². The van der Waals surface area contributed by atoms with Crippen LogP contribution in [0.25, 0.3) is 0 Å². The van der Waals surface area contributed by atoms with Crippen molar-refractivity contribution in [1.29, 1.82) is 0 Å². The van der Waals surface area contributed by atoms with Gasteiger partial charge in [0.15, 0.2) is 0 Å². The SMILES string of the molecule is CCCC[P+](CCCC)(CCCC)CCCC.CCCC[P+](CCCC)(CCCC)CCCC.CCOP(=S)(OCC)OP(=O)([O-])[O-]. The van der Waals surface area contributed by atoms with E-state index < -0.39 is 29.1 Å². The molecule has 0 amide bonds. The Labute approximate surface area is 302 Å². The highest BCUT2D eigenvalue weighted by molar-refractivity contribution is 8.08. The van der Waals surface area contributed by atoms with Crippen LogP contribution in [-0.4, -0.2) is 62.5 Å². The summed E-state index contributed by atoms with van der Waals surface area (Å²) >= 11 is 4.62. The van der Waals surface area contributed by atoms with E-state index in [2.05, 4.69) is 71.5 Å². The average Bonchev–Trinajstić information content (AvgIpc) is 3.03. The lowest BCUT2D eigenvalue weighted by Gasteiger charge is -2.33. The third-order valence-electron chi connectivity index (χ3n) is 8.66. The predicted molar refractivity (Wildman–Crippen MR) is 218 cm³/mol. The summed E-state index contributed by atoms with van der Waals surface area (Å²) in [6.07, 6.45) is 35.9. The predicted octanol–water partition coefficient (Wildman–Crippen LogP) is 12.5. The van der Waals surface area contributed by atoms with Crippen LogP contribution in [0.1, 0.15) is 172 Å². The summed E-state index contributed by atoms with van der Waals surface area (Å²) in [5.41, 5.74) is 0. The molecule has 0 bridgehead atoms. The quantitative estimate of drug-likeness (QED) is 0.0672. The van der Waals surface area contributed by atoms with Crippen molar-refractivity contribution in [3.8, 4) is 0 Å². The molecule has 0 aromatic carbocycles. The lowest BCUT2D eigenvalue weighted by molar-refractivity contribution is -0.334. The monoisotopic (exact) mass is 766 g/mol. The zero-order valence-corrected chi connectivity index (χ0v) is 37.4. The van der Waals surface area contributed by atoms with Crippen molar-refractivity contribution in [3.05, 3.63) is 0 Å². The van der Waals surface area contributed by atoms with Gasteiger partial charge in [0.25, 0.3) is 0 Å². The van der Waals surface area contributed by atoms with E-state index in [4.69, 9.17) is 9.05 Å². The molecule has 0 heterocycles. The van der Waals surface area contributed by atoms with Gasteiger partial charge in [0.05, 0.1) is 70.3 Å². The van der Waals surface area contributed by atoms with Crippen molar-refractivity contribution in [2.75, 3.05) is 62.5 Å². The van der Waals surface area contributed by atoms with Crippen LogP contribution < -0.4 is 9.79 Å². The Kier molecular flexibility index (Phi) is 39.0. The highest BCUT2D eigenvalue weighted by Gasteiger charge is 2.35. The molecule has 0 aliphatic carbocycles. The molecule has 0 N–H and O–H groups in total. The van der Waals surface area contributed by atoms with Crippen molar-refractivity contribution in [2.24, 2.45) is 0 Å². The summed E-state index contributed by atoms with van der Waals surface area (Å²) in [4.78, 5) is 20.5. The van der Waals surface area contributed by atoms with Crippen molar-refractivity contribution in [2.45, 2.75) is 172 Å².